The van der Waals surface area contributed by atoms with E-state index in [0.29, 0.717) is 16.6 Å². The molecule has 0 N–H and O–H groups in total. The maximum atomic E-state index is 12.0. The van der Waals surface area contributed by atoms with E-state index in [1.54, 1.807) is 23.1 Å². The van der Waals surface area contributed by atoms with Gasteiger partial charge in [0, 0.05) is 5.25 Å². The molecule has 1 aromatic carbocycles. The van der Waals surface area contributed by atoms with Crippen molar-refractivity contribution in [2.75, 3.05) is 23.5 Å². The number of nitriles is 1. The van der Waals surface area contributed by atoms with Crippen molar-refractivity contribution in [2.24, 2.45) is 4.99 Å². The van der Waals surface area contributed by atoms with Crippen LogP contribution < -0.4 is 9.64 Å². The molecule has 0 radical (unpaired) electrons. The number of hydrogen-bond donors (Lipinski definition) is 0. The van der Waals surface area contributed by atoms with Gasteiger partial charge in [-0.3, -0.25) is 4.79 Å². The van der Waals surface area contributed by atoms with Crippen molar-refractivity contribution in [3.63, 3.8) is 0 Å². The number of ether oxygens (including phenoxy) is 1. The van der Waals surface area contributed by atoms with Crippen molar-refractivity contribution in [3.8, 4) is 11.8 Å². The zero-order valence-electron chi connectivity index (χ0n) is 12.9. The molecule has 0 spiro atoms. The number of sulfone groups is 1. The predicted molar refractivity (Wildman–Crippen MR) is 92.0 cm³/mol. The Morgan fingerprint density at radius 2 is 2.21 bits per heavy atom. The number of aliphatic imine (C=N–C) groups is 1. The molecule has 0 bridgehead atoms. The quantitative estimate of drug-likeness (QED) is 0.793. The molecule has 2 aliphatic heterocycles. The number of hydrogen-bond acceptors (Lipinski definition) is 6. The molecule has 2 aliphatic rings. The molecule has 2 fully saturated rings. The van der Waals surface area contributed by atoms with Crippen LogP contribution in [0.4, 0.5) is 5.69 Å². The minimum absolute atomic E-state index is 0.00811. The van der Waals surface area contributed by atoms with Crippen LogP contribution in [-0.4, -0.2) is 49.4 Å². The average Bonchev–Trinajstić information content (AvgIpc) is 2.98. The van der Waals surface area contributed by atoms with Crippen LogP contribution in [-0.2, 0) is 14.6 Å². The highest BCUT2D eigenvalue weighted by atomic mass is 32.2. The molecule has 2 saturated heterocycles. The number of fused-ring (bicyclic) bond motifs is 1. The van der Waals surface area contributed by atoms with E-state index in [9.17, 15) is 13.2 Å². The number of amidine groups is 1. The van der Waals surface area contributed by atoms with Crippen LogP contribution in [0.15, 0.2) is 29.3 Å². The van der Waals surface area contributed by atoms with E-state index < -0.39 is 15.7 Å². The van der Waals surface area contributed by atoms with E-state index in [1.165, 1.54) is 18.9 Å². The smallest absolute Gasteiger partial charge is 0.262 e. The van der Waals surface area contributed by atoms with E-state index in [4.69, 9.17) is 10.00 Å². The van der Waals surface area contributed by atoms with Gasteiger partial charge in [0.1, 0.15) is 12.2 Å². The van der Waals surface area contributed by atoms with Crippen LogP contribution in [0.5, 0.6) is 5.75 Å². The fraction of sp³-hybridized carbons (Fsp3) is 0.400. The molecule has 1 aromatic rings. The first-order valence-electron chi connectivity index (χ1n) is 7.23. The number of methoxy groups -OCH3 is 1. The largest absolute Gasteiger partial charge is 0.495 e. The third-order valence-electron chi connectivity index (χ3n) is 3.86. The number of carbonyl (C=O) groups excluding carboxylic acids is 1. The number of carbonyl (C=O) groups is 1. The van der Waals surface area contributed by atoms with E-state index in [2.05, 4.69) is 4.99 Å². The standard InChI is InChI=1S/C15H15N3O4S2/c1-22-12-5-3-2-4-10(12)18-11-8-24(20,21)9-13(11)23-15(18)17-14(19)6-7-16/h2-5,11,13H,6,8-9H2,1H3/t11-,13+/m0/s1. The minimum atomic E-state index is -3.12. The van der Waals surface area contributed by atoms with Gasteiger partial charge in [0.25, 0.3) is 5.91 Å². The molecule has 2 heterocycles. The molecule has 3 rings (SSSR count). The first-order valence-corrected chi connectivity index (χ1v) is 9.93. The Morgan fingerprint density at radius 3 is 2.92 bits per heavy atom. The summed E-state index contributed by atoms with van der Waals surface area (Å²) in [6, 6.07) is 8.67. The molecule has 2 atom stereocenters. The molecule has 7 nitrogen and oxygen atoms in total. The zero-order valence-corrected chi connectivity index (χ0v) is 14.5. The van der Waals surface area contributed by atoms with Crippen molar-refractivity contribution in [3.05, 3.63) is 24.3 Å². The molecule has 0 unspecified atom stereocenters. The van der Waals surface area contributed by atoms with Crippen LogP contribution in [0.3, 0.4) is 0 Å². The van der Waals surface area contributed by atoms with Gasteiger partial charge in [0.05, 0.1) is 36.4 Å². The highest BCUT2D eigenvalue weighted by molar-refractivity contribution is 8.16. The average molecular weight is 365 g/mol. The molecule has 1 amide bonds. The second kappa shape index (κ2) is 6.45. The maximum Gasteiger partial charge on any atom is 0.262 e. The van der Waals surface area contributed by atoms with Crippen LogP contribution >= 0.6 is 11.8 Å². The first kappa shape index (κ1) is 16.8. The number of anilines is 1. The summed E-state index contributed by atoms with van der Waals surface area (Å²) in [6.45, 7) is 0. The molecule has 0 saturated carbocycles. The van der Waals surface area contributed by atoms with Crippen molar-refractivity contribution in [1.82, 2.24) is 0 Å². The number of thioether (sulfide) groups is 1. The van der Waals surface area contributed by atoms with Gasteiger partial charge < -0.3 is 9.64 Å². The minimum Gasteiger partial charge on any atom is -0.495 e. The lowest BCUT2D eigenvalue weighted by molar-refractivity contribution is -0.116. The van der Waals surface area contributed by atoms with Crippen LogP contribution in [0.2, 0.25) is 0 Å². The summed E-state index contributed by atoms with van der Waals surface area (Å²) in [4.78, 5) is 17.6. The summed E-state index contributed by atoms with van der Waals surface area (Å²) in [6.07, 6.45) is -0.308. The normalized spacial score (nSPS) is 26.2. The monoisotopic (exact) mass is 365 g/mol. The topological polar surface area (TPSA) is 99.8 Å². The van der Waals surface area contributed by atoms with Gasteiger partial charge in [0.2, 0.25) is 0 Å². The Hall–Kier alpha value is -2.05. The first-order chi connectivity index (χ1) is 11.4. The highest BCUT2D eigenvalue weighted by Crippen LogP contribution is 2.43. The Labute approximate surface area is 144 Å². The lowest BCUT2D eigenvalue weighted by Gasteiger charge is -2.26. The van der Waals surface area contributed by atoms with Gasteiger partial charge in [-0.15, -0.1) is 0 Å². The summed E-state index contributed by atoms with van der Waals surface area (Å²) < 4.78 is 29.3. The molecule has 0 aromatic heterocycles. The van der Waals surface area contributed by atoms with Crippen molar-refractivity contribution < 1.29 is 17.9 Å². The predicted octanol–water partition coefficient (Wildman–Crippen LogP) is 1.21. The van der Waals surface area contributed by atoms with E-state index >= 15 is 0 Å². The second-order valence-corrected chi connectivity index (χ2v) is 8.83. The Kier molecular flexibility index (Phi) is 4.51. The third kappa shape index (κ3) is 3.12. The second-order valence-electron chi connectivity index (χ2n) is 5.47. The SMILES string of the molecule is COc1ccccc1N1C(=NC(=O)CC#N)S[C@@H]2CS(=O)(=O)C[C@@H]21. The Morgan fingerprint density at radius 1 is 1.46 bits per heavy atom. The van der Waals surface area contributed by atoms with Gasteiger partial charge in [-0.2, -0.15) is 10.3 Å². The molecular weight excluding hydrogens is 350 g/mol. The summed E-state index contributed by atoms with van der Waals surface area (Å²) >= 11 is 1.27. The van der Waals surface area contributed by atoms with E-state index in [0.717, 1.165) is 0 Å². The highest BCUT2D eigenvalue weighted by Gasteiger charge is 2.49. The Balaban J connectivity index is 2.05. The third-order valence-corrected chi connectivity index (χ3v) is 7.07. The molecule has 9 heteroatoms. The summed E-state index contributed by atoms with van der Waals surface area (Å²) in [5.74, 6) is 0.0966. The number of para-hydroxylation sites is 2. The van der Waals surface area contributed by atoms with Gasteiger partial charge in [-0.1, -0.05) is 23.9 Å². The summed E-state index contributed by atoms with van der Waals surface area (Å²) in [5, 5.41) is 8.88. The van der Waals surface area contributed by atoms with Gasteiger partial charge >= 0.3 is 0 Å². The van der Waals surface area contributed by atoms with Crippen molar-refractivity contribution >= 4 is 38.4 Å². The number of benzene rings is 1. The maximum absolute atomic E-state index is 12.0. The zero-order chi connectivity index (χ0) is 17.3. The lowest BCUT2D eigenvalue weighted by Crippen LogP contribution is -2.38. The Bertz CT molecular complexity index is 845. The van der Waals surface area contributed by atoms with Gasteiger partial charge in [0.15, 0.2) is 15.0 Å². The fourth-order valence-corrected chi connectivity index (χ4v) is 6.81. The number of nitrogens with zero attached hydrogens (tertiary/aromatic N) is 3. The molecule has 126 valence electrons. The molecule has 24 heavy (non-hydrogen) atoms. The van der Waals surface area contributed by atoms with Crippen molar-refractivity contribution in [2.45, 2.75) is 17.7 Å². The van der Waals surface area contributed by atoms with Crippen LogP contribution in [0.1, 0.15) is 6.42 Å². The van der Waals surface area contributed by atoms with E-state index in [1.807, 2.05) is 12.1 Å². The molecule has 0 aliphatic carbocycles. The summed E-state index contributed by atoms with van der Waals surface area (Å²) in [5.41, 5.74) is 0.667. The number of amides is 1. The van der Waals surface area contributed by atoms with Gasteiger partial charge in [-0.25, -0.2) is 8.42 Å². The molecular formula is C15H15N3O4S2. The van der Waals surface area contributed by atoms with Crippen LogP contribution in [0.25, 0.3) is 0 Å². The summed E-state index contributed by atoms with van der Waals surface area (Å²) in [7, 11) is -1.59. The van der Waals surface area contributed by atoms with Gasteiger partial charge in [-0.05, 0) is 12.1 Å². The lowest BCUT2D eigenvalue weighted by atomic mass is 10.2. The van der Waals surface area contributed by atoms with Crippen LogP contribution in [0, 0.1) is 11.3 Å². The fourth-order valence-electron chi connectivity index (χ4n) is 2.89. The van der Waals surface area contributed by atoms with E-state index in [-0.39, 0.29) is 29.2 Å². The number of rotatable bonds is 3. The van der Waals surface area contributed by atoms with Crippen molar-refractivity contribution in [1.29, 1.82) is 5.26 Å².